The molecule has 3 aromatic rings. The molecule has 0 aliphatic rings. The number of fused-ring (bicyclic) bond motifs is 3. The Morgan fingerprint density at radius 2 is 2.00 bits per heavy atom. The quantitative estimate of drug-likeness (QED) is 0.567. The van der Waals surface area contributed by atoms with E-state index in [1.165, 1.54) is 0 Å². The second kappa shape index (κ2) is 3.26. The molecular formula is C12H6BrClO. The van der Waals surface area contributed by atoms with Crippen molar-refractivity contribution in [2.45, 2.75) is 0 Å². The highest BCUT2D eigenvalue weighted by Crippen LogP contribution is 2.36. The third-order valence-electron chi connectivity index (χ3n) is 2.04. The van der Waals surface area contributed by atoms with Gasteiger partial charge in [0.2, 0.25) is 0 Å². The van der Waals surface area contributed by atoms with Crippen LogP contribution in [-0.4, -0.2) is 0 Å². The molecule has 3 rings (SSSR count). The van der Waals surface area contributed by atoms with Gasteiger partial charge in [-0.2, -0.15) is 0 Å². The van der Waals surface area contributed by atoms with E-state index in [0.29, 0.717) is 0 Å². The Morgan fingerprint density at radius 1 is 1.20 bits per heavy atom. The van der Waals surface area contributed by atoms with E-state index in [0.717, 1.165) is 0 Å². The fraction of sp³-hybridized carbons (Fsp3) is 0. The van der Waals surface area contributed by atoms with Gasteiger partial charge in [-0.1, -0.05) is 29.7 Å². The average Bonchev–Trinajstić information content (AvgIpc) is 2.87. The van der Waals surface area contributed by atoms with Crippen molar-refractivity contribution in [3.63, 3.8) is 0 Å². The third kappa shape index (κ3) is 1.29. The van der Waals surface area contributed by atoms with E-state index in [1.54, 1.807) is 0 Å². The summed E-state index contributed by atoms with van der Waals surface area (Å²) in [5, 5.41) is 0.240. The maximum atomic E-state index is 8.00. The summed E-state index contributed by atoms with van der Waals surface area (Å²) in [5.41, 5.74) is 0.103. The molecule has 0 aliphatic heterocycles. The van der Waals surface area contributed by atoms with Crippen molar-refractivity contribution < 1.29 is 12.6 Å². The summed E-state index contributed by atoms with van der Waals surface area (Å²) in [7, 11) is 0. The molecule has 1 nitrogen and oxygen atoms in total. The zero-order valence-corrected chi connectivity index (χ0v) is 9.51. The summed E-state index contributed by atoms with van der Waals surface area (Å²) in [4.78, 5) is 0. The van der Waals surface area contributed by atoms with Gasteiger partial charge in [-0.15, -0.1) is 0 Å². The fourth-order valence-corrected chi connectivity index (χ4v) is 2.02. The van der Waals surface area contributed by atoms with E-state index in [-0.39, 0.29) is 67.7 Å². The van der Waals surface area contributed by atoms with Crippen LogP contribution < -0.4 is 0 Å². The normalized spacial score (nSPS) is 16.9. The number of furan rings is 1. The molecule has 0 bridgehead atoms. The lowest BCUT2D eigenvalue weighted by molar-refractivity contribution is 0.667. The first-order chi connectivity index (χ1) is 9.77. The first-order valence-electron chi connectivity index (χ1n) is 7.04. The molecule has 0 fully saturated rings. The Balaban J connectivity index is 2.73. The highest BCUT2D eigenvalue weighted by atomic mass is 79.9. The minimum absolute atomic E-state index is 0.0183. The number of rotatable bonds is 0. The highest BCUT2D eigenvalue weighted by molar-refractivity contribution is 9.10. The van der Waals surface area contributed by atoms with Gasteiger partial charge in [0, 0.05) is 10.8 Å². The van der Waals surface area contributed by atoms with Crippen LogP contribution in [0.4, 0.5) is 0 Å². The average molecular weight is 288 g/mol. The van der Waals surface area contributed by atoms with Crippen LogP contribution in [0.3, 0.4) is 0 Å². The van der Waals surface area contributed by atoms with Gasteiger partial charge >= 0.3 is 0 Å². The standard InChI is InChI=1S/C12H6BrClO/c13-8-4-1-3-7-11-9(14)5-2-6-10(11)15-12(7)8/h1-6H/i1D,2D,3D,4D,5D,6D. The molecule has 74 valence electrons. The molecule has 3 heteroatoms. The minimum Gasteiger partial charge on any atom is -0.455 e. The molecule has 0 saturated heterocycles. The number of para-hydroxylation sites is 1. The molecule has 1 heterocycles. The third-order valence-corrected chi connectivity index (χ3v) is 2.88. The van der Waals surface area contributed by atoms with E-state index < -0.39 is 0 Å². The molecule has 15 heavy (non-hydrogen) atoms. The number of halogens is 2. The van der Waals surface area contributed by atoms with Gasteiger partial charge in [0.15, 0.2) is 0 Å². The summed E-state index contributed by atoms with van der Waals surface area (Å²) in [6.07, 6.45) is 0. The van der Waals surface area contributed by atoms with Gasteiger partial charge in [0.1, 0.15) is 11.2 Å². The minimum atomic E-state index is -0.369. The monoisotopic (exact) mass is 286 g/mol. The lowest BCUT2D eigenvalue weighted by Crippen LogP contribution is -1.68. The van der Waals surface area contributed by atoms with E-state index in [9.17, 15) is 0 Å². The first-order valence-corrected chi connectivity index (χ1v) is 5.21. The summed E-state index contributed by atoms with van der Waals surface area (Å²) in [5.74, 6) is 0. The Hall–Kier alpha value is -0.990. The number of hydrogen-bond donors (Lipinski definition) is 0. The van der Waals surface area contributed by atoms with E-state index in [1.807, 2.05) is 0 Å². The fourth-order valence-electron chi connectivity index (χ4n) is 1.41. The van der Waals surface area contributed by atoms with Crippen LogP contribution in [0.5, 0.6) is 0 Å². The lowest BCUT2D eigenvalue weighted by Gasteiger charge is -1.92. The molecular weight excluding hydrogens is 275 g/mol. The molecule has 0 amide bonds. The van der Waals surface area contributed by atoms with Crippen LogP contribution in [0.1, 0.15) is 8.22 Å². The Morgan fingerprint density at radius 3 is 2.87 bits per heavy atom. The van der Waals surface area contributed by atoms with Crippen molar-refractivity contribution in [2.75, 3.05) is 0 Å². The second-order valence-electron chi connectivity index (χ2n) is 2.89. The first kappa shape index (κ1) is 4.89. The molecule has 0 unspecified atom stereocenters. The Labute approximate surface area is 108 Å². The van der Waals surface area contributed by atoms with E-state index >= 15 is 0 Å². The predicted molar refractivity (Wildman–Crippen MR) is 66.4 cm³/mol. The topological polar surface area (TPSA) is 13.1 Å². The van der Waals surface area contributed by atoms with Crippen LogP contribution in [-0.2, 0) is 0 Å². The van der Waals surface area contributed by atoms with E-state index in [4.69, 9.17) is 24.2 Å². The molecule has 1 aromatic heterocycles. The SMILES string of the molecule is [2H]c1c([2H])c(Cl)c2c(oc3c(Br)c([2H])c([2H])c([2H])c32)c1[2H]. The van der Waals surface area contributed by atoms with Gasteiger partial charge < -0.3 is 4.42 Å². The molecule has 0 aliphatic carbocycles. The van der Waals surface area contributed by atoms with Gasteiger partial charge in [-0.3, -0.25) is 0 Å². The molecule has 2 aromatic carbocycles. The highest BCUT2D eigenvalue weighted by Gasteiger charge is 2.11. The molecule has 0 saturated carbocycles. The van der Waals surface area contributed by atoms with Crippen LogP contribution in [0.25, 0.3) is 21.9 Å². The van der Waals surface area contributed by atoms with Crippen molar-refractivity contribution in [1.82, 2.24) is 0 Å². The van der Waals surface area contributed by atoms with Gasteiger partial charge in [-0.25, -0.2) is 0 Å². The van der Waals surface area contributed by atoms with Crippen molar-refractivity contribution >= 4 is 49.5 Å². The van der Waals surface area contributed by atoms with Crippen molar-refractivity contribution in [3.05, 3.63) is 45.7 Å². The zero-order chi connectivity index (χ0) is 15.6. The van der Waals surface area contributed by atoms with Gasteiger partial charge in [-0.05, 0) is 34.1 Å². The number of hydrogen-bond acceptors (Lipinski definition) is 1. The summed E-state index contributed by atoms with van der Waals surface area (Å²) in [6, 6.07) is -1.76. The molecule has 0 spiro atoms. The summed E-state index contributed by atoms with van der Waals surface area (Å²) < 4.78 is 52.5. The lowest BCUT2D eigenvalue weighted by atomic mass is 10.1. The smallest absolute Gasteiger partial charge is 0.149 e. The predicted octanol–water partition coefficient (Wildman–Crippen LogP) is 5.00. The Kier molecular flexibility index (Phi) is 1.06. The zero-order valence-electron chi connectivity index (χ0n) is 13.2. The van der Waals surface area contributed by atoms with Crippen molar-refractivity contribution in [1.29, 1.82) is 0 Å². The molecule has 0 N–H and O–H groups in total. The van der Waals surface area contributed by atoms with E-state index in [2.05, 4.69) is 15.9 Å². The van der Waals surface area contributed by atoms with Gasteiger partial charge in [0.25, 0.3) is 0 Å². The Bertz CT molecular complexity index is 861. The van der Waals surface area contributed by atoms with Crippen LogP contribution in [0.15, 0.2) is 45.1 Å². The van der Waals surface area contributed by atoms with Crippen LogP contribution >= 0.6 is 27.5 Å². The van der Waals surface area contributed by atoms with Crippen LogP contribution in [0, 0.1) is 0 Å². The largest absolute Gasteiger partial charge is 0.455 e. The molecule has 0 radical (unpaired) electrons. The van der Waals surface area contributed by atoms with Crippen LogP contribution in [0.2, 0.25) is 5.02 Å². The number of benzene rings is 2. The second-order valence-corrected chi connectivity index (χ2v) is 4.06. The maximum absolute atomic E-state index is 8.00. The summed E-state index contributed by atoms with van der Waals surface area (Å²) >= 11 is 9.23. The van der Waals surface area contributed by atoms with Crippen molar-refractivity contribution in [3.8, 4) is 0 Å². The van der Waals surface area contributed by atoms with Gasteiger partial charge in [0.05, 0.1) is 17.7 Å². The van der Waals surface area contributed by atoms with Crippen molar-refractivity contribution in [2.24, 2.45) is 0 Å². The molecule has 0 atom stereocenters. The maximum Gasteiger partial charge on any atom is 0.149 e. The summed E-state index contributed by atoms with van der Waals surface area (Å²) in [6.45, 7) is 0.